The summed E-state index contributed by atoms with van der Waals surface area (Å²) in [5.41, 5.74) is 0.706. The minimum absolute atomic E-state index is 0.0718. The lowest BCUT2D eigenvalue weighted by atomic mass is 10.1. The Hall–Kier alpha value is -0.590. The molecule has 0 unspecified atom stereocenters. The first-order valence-corrected chi connectivity index (χ1v) is 7.96. The Morgan fingerprint density at radius 1 is 1.47 bits per heavy atom. The lowest BCUT2D eigenvalue weighted by Crippen LogP contribution is -2.28. The summed E-state index contributed by atoms with van der Waals surface area (Å²) in [4.78, 5) is 0. The predicted octanol–water partition coefficient (Wildman–Crippen LogP) is 2.36. The van der Waals surface area contributed by atoms with Crippen molar-refractivity contribution in [2.45, 2.75) is 42.9 Å². The van der Waals surface area contributed by atoms with Crippen molar-refractivity contribution in [3.63, 3.8) is 0 Å². The van der Waals surface area contributed by atoms with Crippen molar-refractivity contribution in [1.82, 2.24) is 4.31 Å². The van der Waals surface area contributed by atoms with E-state index in [2.05, 4.69) is 0 Å². The van der Waals surface area contributed by atoms with Crippen molar-refractivity contribution >= 4 is 21.4 Å². The van der Waals surface area contributed by atoms with Crippen LogP contribution in [-0.4, -0.2) is 30.9 Å². The normalized spacial score (nSPS) is 17.0. The largest absolute Gasteiger partial charge is 0.505 e. The van der Waals surface area contributed by atoms with Crippen LogP contribution in [0.1, 0.15) is 38.2 Å². The lowest BCUT2D eigenvalue weighted by Gasteiger charge is -2.15. The first-order chi connectivity index (χ1) is 7.85. The SMILES string of the molecule is CC(C)c1csc(S(=O)(=O)N(C)C2CC2)c1O. The van der Waals surface area contributed by atoms with Gasteiger partial charge in [0.25, 0.3) is 10.0 Å². The number of sulfonamides is 1. The van der Waals surface area contributed by atoms with E-state index >= 15 is 0 Å². The molecule has 4 nitrogen and oxygen atoms in total. The van der Waals surface area contributed by atoms with Crippen LogP contribution in [0.25, 0.3) is 0 Å². The van der Waals surface area contributed by atoms with E-state index < -0.39 is 10.0 Å². The van der Waals surface area contributed by atoms with Crippen molar-refractivity contribution in [1.29, 1.82) is 0 Å². The van der Waals surface area contributed by atoms with Gasteiger partial charge in [0, 0.05) is 18.7 Å². The lowest BCUT2D eigenvalue weighted by molar-refractivity contribution is 0.439. The van der Waals surface area contributed by atoms with Crippen LogP contribution in [0.5, 0.6) is 5.75 Å². The summed E-state index contributed by atoms with van der Waals surface area (Å²) in [5.74, 6) is 0.0546. The molecule has 1 saturated carbocycles. The third-order valence-corrected chi connectivity index (χ3v) is 6.47. The molecular weight excluding hydrogens is 258 g/mol. The molecule has 17 heavy (non-hydrogen) atoms. The molecule has 1 aliphatic rings. The Labute approximate surface area is 106 Å². The maximum atomic E-state index is 12.2. The minimum atomic E-state index is -3.52. The molecule has 0 aromatic carbocycles. The number of hydrogen-bond acceptors (Lipinski definition) is 4. The number of aromatic hydroxyl groups is 1. The zero-order valence-electron chi connectivity index (χ0n) is 10.2. The Morgan fingerprint density at radius 2 is 2.06 bits per heavy atom. The number of thiophene rings is 1. The van der Waals surface area contributed by atoms with Gasteiger partial charge in [0.15, 0.2) is 4.21 Å². The van der Waals surface area contributed by atoms with Crippen LogP contribution in [0.2, 0.25) is 0 Å². The van der Waals surface area contributed by atoms with Crippen LogP contribution < -0.4 is 0 Å². The van der Waals surface area contributed by atoms with Gasteiger partial charge in [0.05, 0.1) is 0 Å². The second kappa shape index (κ2) is 4.26. The van der Waals surface area contributed by atoms with Gasteiger partial charge in [-0.3, -0.25) is 0 Å². The van der Waals surface area contributed by atoms with Crippen molar-refractivity contribution in [3.8, 4) is 5.75 Å². The first-order valence-electron chi connectivity index (χ1n) is 5.64. The van der Waals surface area contributed by atoms with Gasteiger partial charge in [-0.2, -0.15) is 4.31 Å². The van der Waals surface area contributed by atoms with Crippen LogP contribution in [0.4, 0.5) is 0 Å². The van der Waals surface area contributed by atoms with Gasteiger partial charge < -0.3 is 5.11 Å². The summed E-state index contributed by atoms with van der Waals surface area (Å²) in [5, 5.41) is 11.7. The molecule has 96 valence electrons. The predicted molar refractivity (Wildman–Crippen MR) is 68.0 cm³/mol. The van der Waals surface area contributed by atoms with Gasteiger partial charge in [-0.25, -0.2) is 8.42 Å². The molecular formula is C11H17NO3S2. The zero-order chi connectivity index (χ0) is 12.8. The average Bonchev–Trinajstić information content (AvgIpc) is 2.99. The van der Waals surface area contributed by atoms with Gasteiger partial charge in [0.1, 0.15) is 5.75 Å². The molecule has 1 aromatic heterocycles. The summed E-state index contributed by atoms with van der Waals surface area (Å²) in [6.07, 6.45) is 1.83. The van der Waals surface area contributed by atoms with E-state index in [4.69, 9.17) is 0 Å². The van der Waals surface area contributed by atoms with Crippen molar-refractivity contribution < 1.29 is 13.5 Å². The Kier molecular flexibility index (Phi) is 3.22. The molecule has 0 atom stereocenters. The highest BCUT2D eigenvalue weighted by molar-refractivity contribution is 7.91. The minimum Gasteiger partial charge on any atom is -0.505 e. The van der Waals surface area contributed by atoms with Crippen LogP contribution in [0.3, 0.4) is 0 Å². The second-order valence-corrected chi connectivity index (χ2v) is 7.81. The van der Waals surface area contributed by atoms with Crippen LogP contribution in [-0.2, 0) is 10.0 Å². The van der Waals surface area contributed by atoms with Crippen LogP contribution >= 0.6 is 11.3 Å². The molecule has 1 N–H and O–H groups in total. The number of rotatable bonds is 4. The first kappa shape index (κ1) is 12.9. The zero-order valence-corrected chi connectivity index (χ0v) is 11.8. The van der Waals surface area contributed by atoms with Crippen LogP contribution in [0, 0.1) is 0 Å². The molecule has 1 aliphatic carbocycles. The highest BCUT2D eigenvalue weighted by Gasteiger charge is 2.37. The molecule has 6 heteroatoms. The van der Waals surface area contributed by atoms with Crippen molar-refractivity contribution in [3.05, 3.63) is 10.9 Å². The molecule has 0 aliphatic heterocycles. The third-order valence-electron chi connectivity index (χ3n) is 3.06. The molecule has 2 rings (SSSR count). The van der Waals surface area contributed by atoms with E-state index in [1.165, 1.54) is 4.31 Å². The molecule has 0 radical (unpaired) electrons. The Morgan fingerprint density at radius 3 is 2.47 bits per heavy atom. The monoisotopic (exact) mass is 275 g/mol. The van der Waals surface area contributed by atoms with Crippen LogP contribution in [0.15, 0.2) is 9.59 Å². The summed E-state index contributed by atoms with van der Waals surface area (Å²) in [7, 11) is -1.93. The average molecular weight is 275 g/mol. The molecule has 0 bridgehead atoms. The van der Waals surface area contributed by atoms with E-state index in [-0.39, 0.29) is 21.9 Å². The topological polar surface area (TPSA) is 57.6 Å². The molecule has 0 spiro atoms. The van der Waals surface area contributed by atoms with E-state index in [1.54, 1.807) is 12.4 Å². The van der Waals surface area contributed by atoms with Crippen molar-refractivity contribution in [2.24, 2.45) is 0 Å². The number of hydrogen-bond donors (Lipinski definition) is 1. The van der Waals surface area contributed by atoms with E-state index in [0.717, 1.165) is 24.2 Å². The highest BCUT2D eigenvalue weighted by Crippen LogP contribution is 2.41. The molecule has 1 aromatic rings. The summed E-state index contributed by atoms with van der Waals surface area (Å²) < 4.78 is 26.0. The summed E-state index contributed by atoms with van der Waals surface area (Å²) in [6.45, 7) is 3.87. The Bertz CT molecular complexity index is 515. The molecule has 0 amide bonds. The molecule has 1 heterocycles. The van der Waals surface area contributed by atoms with Crippen molar-refractivity contribution in [2.75, 3.05) is 7.05 Å². The maximum absolute atomic E-state index is 12.2. The number of nitrogens with zero attached hydrogens (tertiary/aromatic N) is 1. The third kappa shape index (κ3) is 2.21. The standard InChI is InChI=1S/C11H17NO3S2/c1-7(2)9-6-16-11(10(9)13)17(14,15)12(3)8-4-5-8/h6-8,13H,4-5H2,1-3H3. The van der Waals surface area contributed by atoms with Gasteiger partial charge >= 0.3 is 0 Å². The fourth-order valence-electron chi connectivity index (χ4n) is 1.70. The fraction of sp³-hybridized carbons (Fsp3) is 0.636. The maximum Gasteiger partial charge on any atom is 0.256 e. The molecule has 1 fully saturated rings. The smallest absolute Gasteiger partial charge is 0.256 e. The van der Waals surface area contributed by atoms with Gasteiger partial charge in [-0.15, -0.1) is 11.3 Å². The fourth-order valence-corrected chi connectivity index (χ4v) is 4.76. The van der Waals surface area contributed by atoms with E-state index in [1.807, 2.05) is 13.8 Å². The van der Waals surface area contributed by atoms with E-state index in [0.29, 0.717) is 5.56 Å². The highest BCUT2D eigenvalue weighted by atomic mass is 32.2. The Balaban J connectivity index is 2.39. The van der Waals surface area contributed by atoms with Gasteiger partial charge in [-0.1, -0.05) is 13.8 Å². The van der Waals surface area contributed by atoms with Gasteiger partial charge in [-0.05, 0) is 24.1 Å². The summed E-state index contributed by atoms with van der Waals surface area (Å²) >= 11 is 1.11. The quantitative estimate of drug-likeness (QED) is 0.917. The molecule has 0 saturated heterocycles. The van der Waals surface area contributed by atoms with Gasteiger partial charge in [0.2, 0.25) is 0 Å². The second-order valence-electron chi connectivity index (χ2n) is 4.73. The van der Waals surface area contributed by atoms with E-state index in [9.17, 15) is 13.5 Å². The summed E-state index contributed by atoms with van der Waals surface area (Å²) in [6, 6.07) is 0.115.